The molecule has 6 heteroatoms. The normalized spacial score (nSPS) is 11.9. The Bertz CT molecular complexity index is 472. The van der Waals surface area contributed by atoms with Gasteiger partial charge in [0, 0.05) is 6.07 Å². The van der Waals surface area contributed by atoms with Crippen LogP contribution in [0.5, 0.6) is 5.75 Å². The molecule has 0 amide bonds. The van der Waals surface area contributed by atoms with Crippen molar-refractivity contribution in [3.8, 4) is 5.75 Å². The number of hydrogen-bond donors (Lipinski definition) is 1. The first kappa shape index (κ1) is 14.9. The van der Waals surface area contributed by atoms with Gasteiger partial charge in [-0.3, -0.25) is 10.1 Å². The van der Waals surface area contributed by atoms with Gasteiger partial charge >= 0.3 is 5.97 Å². The molecular formula is C13H17NO5. The molecule has 0 radical (unpaired) electrons. The summed E-state index contributed by atoms with van der Waals surface area (Å²) in [7, 11) is 0. The molecule has 0 saturated carbocycles. The van der Waals surface area contributed by atoms with E-state index in [2.05, 4.69) is 0 Å². The third-order valence-corrected chi connectivity index (χ3v) is 2.71. The summed E-state index contributed by atoms with van der Waals surface area (Å²) in [5.41, 5.74) is -0.238. The molecule has 1 rings (SSSR count). The molecule has 1 aromatic rings. The third-order valence-electron chi connectivity index (χ3n) is 2.71. The van der Waals surface area contributed by atoms with E-state index in [-0.39, 0.29) is 22.9 Å². The lowest BCUT2D eigenvalue weighted by atomic mass is 10.1. The van der Waals surface area contributed by atoms with Crippen LogP contribution in [0.4, 0.5) is 5.69 Å². The van der Waals surface area contributed by atoms with Gasteiger partial charge in [-0.2, -0.15) is 0 Å². The van der Waals surface area contributed by atoms with Crippen molar-refractivity contribution in [3.63, 3.8) is 0 Å². The summed E-state index contributed by atoms with van der Waals surface area (Å²) in [6, 6.07) is 3.51. The zero-order valence-electron chi connectivity index (χ0n) is 11.0. The summed E-state index contributed by atoms with van der Waals surface area (Å²) in [5.74, 6) is -0.844. The molecule has 1 atom stereocenters. The maximum absolute atomic E-state index is 11.0. The van der Waals surface area contributed by atoms with E-state index in [0.717, 1.165) is 25.0 Å². The van der Waals surface area contributed by atoms with Crippen molar-refractivity contribution >= 4 is 11.7 Å². The topological polar surface area (TPSA) is 89.7 Å². The number of benzene rings is 1. The lowest BCUT2D eigenvalue weighted by Gasteiger charge is -2.13. The summed E-state index contributed by atoms with van der Waals surface area (Å²) in [4.78, 5) is 21.1. The van der Waals surface area contributed by atoms with E-state index in [9.17, 15) is 14.9 Å². The molecule has 0 heterocycles. The fraction of sp³-hybridized carbons (Fsp3) is 0.462. The number of carbonyl (C=O) groups is 1. The van der Waals surface area contributed by atoms with Crippen molar-refractivity contribution in [1.82, 2.24) is 0 Å². The Kier molecular flexibility index (Phi) is 5.29. The Hall–Kier alpha value is -2.11. The molecule has 0 aliphatic carbocycles. The molecule has 0 fully saturated rings. The SMILES string of the molecule is CCCC(C)COc1cc([N+](=O)[O-])ccc1C(=O)O. The largest absolute Gasteiger partial charge is 0.492 e. The second kappa shape index (κ2) is 6.72. The molecule has 0 bridgehead atoms. The monoisotopic (exact) mass is 267 g/mol. The molecule has 0 aromatic heterocycles. The fourth-order valence-electron chi connectivity index (χ4n) is 1.73. The van der Waals surface area contributed by atoms with Gasteiger partial charge in [-0.1, -0.05) is 20.3 Å². The first-order chi connectivity index (χ1) is 8.95. The molecule has 1 unspecified atom stereocenters. The number of carboxylic acid groups (broad SMARTS) is 1. The minimum absolute atomic E-state index is 0.0460. The third kappa shape index (κ3) is 4.24. The molecule has 0 spiro atoms. The van der Waals surface area contributed by atoms with Crippen LogP contribution in [0.2, 0.25) is 0 Å². The van der Waals surface area contributed by atoms with Crippen molar-refractivity contribution in [3.05, 3.63) is 33.9 Å². The quantitative estimate of drug-likeness (QED) is 0.605. The van der Waals surface area contributed by atoms with Gasteiger partial charge in [0.25, 0.3) is 5.69 Å². The van der Waals surface area contributed by atoms with Crippen LogP contribution >= 0.6 is 0 Å². The van der Waals surface area contributed by atoms with Gasteiger partial charge in [0.2, 0.25) is 0 Å². The number of carboxylic acids is 1. The van der Waals surface area contributed by atoms with Crippen molar-refractivity contribution in [1.29, 1.82) is 0 Å². The second-order valence-electron chi connectivity index (χ2n) is 4.45. The molecule has 1 N–H and O–H groups in total. The van der Waals surface area contributed by atoms with E-state index < -0.39 is 10.9 Å². The number of nitro benzene ring substituents is 1. The van der Waals surface area contributed by atoms with E-state index >= 15 is 0 Å². The molecule has 19 heavy (non-hydrogen) atoms. The lowest BCUT2D eigenvalue weighted by molar-refractivity contribution is -0.384. The zero-order valence-corrected chi connectivity index (χ0v) is 11.0. The van der Waals surface area contributed by atoms with Gasteiger partial charge < -0.3 is 9.84 Å². The van der Waals surface area contributed by atoms with Crippen LogP contribution in [0.15, 0.2) is 18.2 Å². The molecule has 1 aromatic carbocycles. The van der Waals surface area contributed by atoms with E-state index in [4.69, 9.17) is 9.84 Å². The minimum Gasteiger partial charge on any atom is -0.492 e. The molecule has 6 nitrogen and oxygen atoms in total. The lowest BCUT2D eigenvalue weighted by Crippen LogP contribution is -2.11. The fourth-order valence-corrected chi connectivity index (χ4v) is 1.73. The summed E-state index contributed by atoms with van der Waals surface area (Å²) in [6.07, 6.45) is 1.96. The number of rotatable bonds is 7. The molecular weight excluding hydrogens is 250 g/mol. The van der Waals surface area contributed by atoms with Crippen molar-refractivity contribution in [2.75, 3.05) is 6.61 Å². The van der Waals surface area contributed by atoms with Gasteiger partial charge in [0.1, 0.15) is 11.3 Å². The van der Waals surface area contributed by atoms with E-state index in [1.807, 2.05) is 13.8 Å². The van der Waals surface area contributed by atoms with Crippen molar-refractivity contribution < 1.29 is 19.6 Å². The highest BCUT2D eigenvalue weighted by Crippen LogP contribution is 2.25. The van der Waals surface area contributed by atoms with Gasteiger partial charge in [0.15, 0.2) is 0 Å². The summed E-state index contributed by atoms with van der Waals surface area (Å²) in [5, 5.41) is 19.7. The highest BCUT2D eigenvalue weighted by molar-refractivity contribution is 5.91. The van der Waals surface area contributed by atoms with E-state index in [0.29, 0.717) is 6.61 Å². The molecule has 0 aliphatic heterocycles. The summed E-state index contributed by atoms with van der Waals surface area (Å²) < 4.78 is 5.42. The Morgan fingerprint density at radius 2 is 2.21 bits per heavy atom. The average Bonchev–Trinajstić information content (AvgIpc) is 2.36. The number of nitro groups is 1. The van der Waals surface area contributed by atoms with Gasteiger partial charge in [0.05, 0.1) is 17.6 Å². The predicted octanol–water partition coefficient (Wildman–Crippen LogP) is 3.11. The Morgan fingerprint density at radius 3 is 2.74 bits per heavy atom. The van der Waals surface area contributed by atoms with Crippen LogP contribution in [0.3, 0.4) is 0 Å². The summed E-state index contributed by atoms with van der Waals surface area (Å²) >= 11 is 0. The van der Waals surface area contributed by atoms with Gasteiger partial charge in [-0.25, -0.2) is 4.79 Å². The van der Waals surface area contributed by atoms with Crippen LogP contribution in [-0.2, 0) is 0 Å². The van der Waals surface area contributed by atoms with E-state index in [1.54, 1.807) is 0 Å². The average molecular weight is 267 g/mol. The number of aromatic carboxylic acids is 1. The van der Waals surface area contributed by atoms with Crippen molar-refractivity contribution in [2.45, 2.75) is 26.7 Å². The highest BCUT2D eigenvalue weighted by atomic mass is 16.6. The maximum Gasteiger partial charge on any atom is 0.339 e. The maximum atomic E-state index is 11.0. The van der Waals surface area contributed by atoms with Crippen LogP contribution in [0.1, 0.15) is 37.0 Å². The molecule has 0 saturated heterocycles. The van der Waals surface area contributed by atoms with Crippen LogP contribution in [0, 0.1) is 16.0 Å². The second-order valence-corrected chi connectivity index (χ2v) is 4.45. The standard InChI is InChI=1S/C13H17NO5/c1-3-4-9(2)8-19-12-7-10(14(17)18)5-6-11(12)13(15)16/h5-7,9H,3-4,8H2,1-2H3,(H,15,16). The first-order valence-corrected chi connectivity index (χ1v) is 6.10. The minimum atomic E-state index is -1.16. The van der Waals surface area contributed by atoms with Crippen molar-refractivity contribution in [2.24, 2.45) is 5.92 Å². The smallest absolute Gasteiger partial charge is 0.339 e. The summed E-state index contributed by atoms with van der Waals surface area (Å²) in [6.45, 7) is 4.38. The zero-order chi connectivity index (χ0) is 14.4. The van der Waals surface area contributed by atoms with Gasteiger partial charge in [-0.15, -0.1) is 0 Å². The Labute approximate surface area is 111 Å². The molecule has 104 valence electrons. The Balaban J connectivity index is 2.91. The predicted molar refractivity (Wildman–Crippen MR) is 69.6 cm³/mol. The van der Waals surface area contributed by atoms with Crippen LogP contribution in [-0.4, -0.2) is 22.6 Å². The Morgan fingerprint density at radius 1 is 1.53 bits per heavy atom. The van der Waals surface area contributed by atoms with E-state index in [1.165, 1.54) is 6.07 Å². The first-order valence-electron chi connectivity index (χ1n) is 6.10. The van der Waals surface area contributed by atoms with Gasteiger partial charge in [-0.05, 0) is 18.4 Å². The number of non-ortho nitro benzene ring substituents is 1. The number of ether oxygens (including phenoxy) is 1. The number of nitrogens with zero attached hydrogens (tertiary/aromatic N) is 1. The van der Waals surface area contributed by atoms with Crippen LogP contribution < -0.4 is 4.74 Å². The van der Waals surface area contributed by atoms with Crippen LogP contribution in [0.25, 0.3) is 0 Å². The highest BCUT2D eigenvalue weighted by Gasteiger charge is 2.17. The molecule has 0 aliphatic rings. The number of hydrogen-bond acceptors (Lipinski definition) is 4.